The van der Waals surface area contributed by atoms with Crippen molar-refractivity contribution in [3.63, 3.8) is 0 Å². The van der Waals surface area contributed by atoms with Crippen molar-refractivity contribution < 1.29 is 14.4 Å². The number of carbonyl (C=O) groups is 3. The zero-order valence-electron chi connectivity index (χ0n) is 15.9. The molecule has 2 aliphatic rings. The molecule has 2 aromatic rings. The molecule has 0 aliphatic carbocycles. The molecular formula is C22H23N3O3. The number of nitrogens with zero attached hydrogens (tertiary/aromatic N) is 2. The topological polar surface area (TPSA) is 69.7 Å². The Morgan fingerprint density at radius 2 is 1.79 bits per heavy atom. The van der Waals surface area contributed by atoms with Crippen LogP contribution in [0.1, 0.15) is 30.9 Å². The molecule has 0 radical (unpaired) electrons. The maximum absolute atomic E-state index is 13.3. The van der Waals surface area contributed by atoms with Gasteiger partial charge in [0.25, 0.3) is 5.91 Å². The molecular weight excluding hydrogens is 354 g/mol. The third kappa shape index (κ3) is 2.85. The Labute approximate surface area is 164 Å². The Bertz CT molecular complexity index is 928. The van der Waals surface area contributed by atoms with E-state index >= 15 is 0 Å². The first-order valence-corrected chi connectivity index (χ1v) is 9.65. The lowest BCUT2D eigenvalue weighted by molar-refractivity contribution is -0.134. The van der Waals surface area contributed by atoms with E-state index in [4.69, 9.17) is 0 Å². The molecule has 4 amide bonds. The van der Waals surface area contributed by atoms with Gasteiger partial charge in [-0.05, 0) is 30.0 Å². The standard InChI is InChI=1S/C22H23N3O3/c1-2-13-22(17-9-4-3-5-10-17)20(27)25(21(28)23-22)15-19(26)24-14-12-16-8-6-7-11-18(16)24/h3-11H,2,12-15H2,1H3,(H,23,28)/t22-/m0/s1. The Morgan fingerprint density at radius 1 is 1.07 bits per heavy atom. The van der Waals surface area contributed by atoms with Crippen LogP contribution in [0.4, 0.5) is 10.5 Å². The number of para-hydroxylation sites is 1. The molecule has 0 bridgehead atoms. The van der Waals surface area contributed by atoms with Crippen LogP contribution in [0.15, 0.2) is 54.6 Å². The van der Waals surface area contributed by atoms with Gasteiger partial charge in [0.15, 0.2) is 0 Å². The highest BCUT2D eigenvalue weighted by molar-refractivity contribution is 6.11. The van der Waals surface area contributed by atoms with Crippen LogP contribution >= 0.6 is 0 Å². The van der Waals surface area contributed by atoms with Crippen molar-refractivity contribution >= 4 is 23.5 Å². The molecule has 1 N–H and O–H groups in total. The van der Waals surface area contributed by atoms with Crippen molar-refractivity contribution in [3.05, 3.63) is 65.7 Å². The smallest absolute Gasteiger partial charge is 0.319 e. The molecule has 4 rings (SSSR count). The minimum atomic E-state index is -1.10. The van der Waals surface area contributed by atoms with Gasteiger partial charge in [0.1, 0.15) is 12.1 Å². The minimum Gasteiger partial charge on any atom is -0.319 e. The van der Waals surface area contributed by atoms with Crippen LogP contribution < -0.4 is 10.2 Å². The van der Waals surface area contributed by atoms with E-state index in [1.165, 1.54) is 0 Å². The largest absolute Gasteiger partial charge is 0.325 e. The normalized spacial score (nSPS) is 21.0. The van der Waals surface area contributed by atoms with Crippen molar-refractivity contribution in [3.8, 4) is 0 Å². The number of urea groups is 1. The van der Waals surface area contributed by atoms with Gasteiger partial charge in [-0.2, -0.15) is 0 Å². The average Bonchev–Trinajstić information content (AvgIpc) is 3.24. The number of amides is 4. The van der Waals surface area contributed by atoms with Crippen LogP contribution in [-0.2, 0) is 21.5 Å². The van der Waals surface area contributed by atoms with E-state index in [0.29, 0.717) is 13.0 Å². The van der Waals surface area contributed by atoms with Gasteiger partial charge in [-0.3, -0.25) is 14.5 Å². The predicted octanol–water partition coefficient (Wildman–Crippen LogP) is 2.82. The number of rotatable bonds is 5. The first-order valence-electron chi connectivity index (χ1n) is 9.65. The van der Waals surface area contributed by atoms with Crippen LogP contribution in [0.25, 0.3) is 0 Å². The van der Waals surface area contributed by atoms with E-state index in [1.54, 1.807) is 4.90 Å². The quantitative estimate of drug-likeness (QED) is 0.815. The number of benzene rings is 2. The molecule has 0 spiro atoms. The fraction of sp³-hybridized carbons (Fsp3) is 0.318. The first kappa shape index (κ1) is 18.2. The van der Waals surface area contributed by atoms with Crippen molar-refractivity contribution in [1.29, 1.82) is 0 Å². The zero-order valence-corrected chi connectivity index (χ0v) is 15.9. The number of fused-ring (bicyclic) bond motifs is 1. The summed E-state index contributed by atoms with van der Waals surface area (Å²) >= 11 is 0. The van der Waals surface area contributed by atoms with Gasteiger partial charge < -0.3 is 10.2 Å². The predicted molar refractivity (Wildman–Crippen MR) is 106 cm³/mol. The molecule has 0 unspecified atom stereocenters. The number of imide groups is 1. The van der Waals surface area contributed by atoms with Crippen molar-refractivity contribution in [2.75, 3.05) is 18.0 Å². The van der Waals surface area contributed by atoms with E-state index < -0.39 is 11.6 Å². The fourth-order valence-corrected chi connectivity index (χ4v) is 4.19. The lowest BCUT2D eigenvalue weighted by atomic mass is 9.85. The molecule has 2 heterocycles. The number of nitrogens with one attached hydrogen (secondary N) is 1. The molecule has 28 heavy (non-hydrogen) atoms. The summed E-state index contributed by atoms with van der Waals surface area (Å²) in [7, 11) is 0. The number of hydrogen-bond acceptors (Lipinski definition) is 3. The molecule has 0 aromatic heterocycles. The van der Waals surface area contributed by atoms with Gasteiger partial charge in [-0.25, -0.2) is 4.79 Å². The average molecular weight is 377 g/mol. The van der Waals surface area contributed by atoms with Crippen molar-refractivity contribution in [2.24, 2.45) is 0 Å². The Kier molecular flexibility index (Phi) is 4.63. The minimum absolute atomic E-state index is 0.242. The highest BCUT2D eigenvalue weighted by Gasteiger charge is 2.52. The van der Waals surface area contributed by atoms with Gasteiger partial charge in [-0.1, -0.05) is 61.9 Å². The highest BCUT2D eigenvalue weighted by atomic mass is 16.2. The second-order valence-electron chi connectivity index (χ2n) is 7.27. The lowest BCUT2D eigenvalue weighted by Crippen LogP contribution is -2.45. The lowest BCUT2D eigenvalue weighted by Gasteiger charge is -2.27. The highest BCUT2D eigenvalue weighted by Crippen LogP contribution is 2.34. The Morgan fingerprint density at radius 3 is 2.54 bits per heavy atom. The molecule has 0 saturated carbocycles. The molecule has 6 nitrogen and oxygen atoms in total. The number of carbonyl (C=O) groups excluding carboxylic acids is 3. The SMILES string of the molecule is CCC[C@@]1(c2ccccc2)NC(=O)N(CC(=O)N2CCc3ccccc32)C1=O. The van der Waals surface area contributed by atoms with Crippen molar-refractivity contribution in [2.45, 2.75) is 31.7 Å². The zero-order chi connectivity index (χ0) is 19.7. The van der Waals surface area contributed by atoms with Crippen LogP contribution in [0.2, 0.25) is 0 Å². The van der Waals surface area contributed by atoms with Gasteiger partial charge in [0.2, 0.25) is 5.91 Å². The number of hydrogen-bond donors (Lipinski definition) is 1. The Balaban J connectivity index is 1.58. The van der Waals surface area contributed by atoms with E-state index in [9.17, 15) is 14.4 Å². The second kappa shape index (κ2) is 7.11. The summed E-state index contributed by atoms with van der Waals surface area (Å²) in [6.07, 6.45) is 1.99. The van der Waals surface area contributed by atoms with E-state index in [1.807, 2.05) is 61.5 Å². The van der Waals surface area contributed by atoms with Crippen LogP contribution in [-0.4, -0.2) is 35.8 Å². The van der Waals surface area contributed by atoms with Gasteiger partial charge in [0, 0.05) is 12.2 Å². The summed E-state index contributed by atoms with van der Waals surface area (Å²) in [4.78, 5) is 41.6. The molecule has 6 heteroatoms. The summed E-state index contributed by atoms with van der Waals surface area (Å²) < 4.78 is 0. The number of anilines is 1. The van der Waals surface area contributed by atoms with Crippen LogP contribution in [0.5, 0.6) is 0 Å². The van der Waals surface area contributed by atoms with E-state index in [-0.39, 0.29) is 18.4 Å². The molecule has 1 fully saturated rings. The fourth-order valence-electron chi connectivity index (χ4n) is 4.19. The summed E-state index contributed by atoms with van der Waals surface area (Å²) in [5, 5.41) is 2.87. The van der Waals surface area contributed by atoms with Gasteiger partial charge in [-0.15, -0.1) is 0 Å². The summed E-state index contributed by atoms with van der Waals surface area (Å²) in [5.41, 5.74) is 1.62. The Hall–Kier alpha value is -3.15. The maximum atomic E-state index is 13.3. The molecule has 2 aromatic carbocycles. The monoisotopic (exact) mass is 377 g/mol. The third-order valence-corrected chi connectivity index (χ3v) is 5.55. The summed E-state index contributed by atoms with van der Waals surface area (Å²) in [5.74, 6) is -0.597. The molecule has 2 aliphatic heterocycles. The summed E-state index contributed by atoms with van der Waals surface area (Å²) in [6.45, 7) is 2.29. The molecule has 144 valence electrons. The van der Waals surface area contributed by atoms with E-state index in [2.05, 4.69) is 5.32 Å². The van der Waals surface area contributed by atoms with Crippen LogP contribution in [0.3, 0.4) is 0 Å². The van der Waals surface area contributed by atoms with Gasteiger partial charge >= 0.3 is 6.03 Å². The second-order valence-corrected chi connectivity index (χ2v) is 7.27. The van der Waals surface area contributed by atoms with E-state index in [0.717, 1.165) is 34.6 Å². The molecule has 1 atom stereocenters. The van der Waals surface area contributed by atoms with Crippen molar-refractivity contribution in [1.82, 2.24) is 10.2 Å². The molecule has 1 saturated heterocycles. The first-order chi connectivity index (χ1) is 13.6. The maximum Gasteiger partial charge on any atom is 0.325 e. The van der Waals surface area contributed by atoms with Gasteiger partial charge in [0.05, 0.1) is 0 Å². The van der Waals surface area contributed by atoms with Crippen LogP contribution in [0, 0.1) is 0 Å². The third-order valence-electron chi connectivity index (χ3n) is 5.55. The summed E-state index contributed by atoms with van der Waals surface area (Å²) in [6, 6.07) is 16.5.